The van der Waals surface area contributed by atoms with Gasteiger partial charge in [0.05, 0.1) is 5.56 Å². The van der Waals surface area contributed by atoms with Gasteiger partial charge in [-0.15, -0.1) is 0 Å². The fourth-order valence-corrected chi connectivity index (χ4v) is 2.77. The molecule has 0 aromatic heterocycles. The summed E-state index contributed by atoms with van der Waals surface area (Å²) in [5.74, 6) is -0.206. The molecule has 0 aliphatic carbocycles. The van der Waals surface area contributed by atoms with E-state index in [1.807, 2.05) is 18.2 Å². The van der Waals surface area contributed by atoms with Crippen LogP contribution in [0.3, 0.4) is 0 Å². The van der Waals surface area contributed by atoms with Crippen molar-refractivity contribution in [3.05, 3.63) is 60.2 Å². The molecule has 118 valence electrons. The van der Waals surface area contributed by atoms with Gasteiger partial charge in [0.2, 0.25) is 0 Å². The Morgan fingerprint density at radius 1 is 1.04 bits per heavy atom. The number of carboxylic acids is 1. The van der Waals surface area contributed by atoms with Crippen molar-refractivity contribution >= 4 is 11.9 Å². The van der Waals surface area contributed by atoms with Crippen LogP contribution in [0.2, 0.25) is 0 Å². The minimum Gasteiger partial charge on any atom is -0.480 e. The second kappa shape index (κ2) is 6.52. The van der Waals surface area contributed by atoms with Crippen molar-refractivity contribution in [2.45, 2.75) is 18.9 Å². The topological polar surface area (TPSA) is 66.8 Å². The molecule has 0 bridgehead atoms. The van der Waals surface area contributed by atoms with Crippen LogP contribution in [0, 0.1) is 0 Å². The Kier molecular flexibility index (Phi) is 4.28. The summed E-state index contributed by atoms with van der Waals surface area (Å²) in [5, 5.41) is 9.26. The summed E-state index contributed by atoms with van der Waals surface area (Å²) >= 11 is 0. The lowest BCUT2D eigenvalue weighted by atomic mass is 10.1. The maximum atomic E-state index is 12.8. The minimum atomic E-state index is -0.961. The summed E-state index contributed by atoms with van der Waals surface area (Å²) in [6.45, 7) is 0.454. The first kappa shape index (κ1) is 15.1. The SMILES string of the molecule is O=C(O)[C@@H]1CCCN1C(=O)c1ccccc1Oc1ccccc1. The van der Waals surface area contributed by atoms with E-state index in [-0.39, 0.29) is 5.91 Å². The molecular formula is C18H17NO4. The van der Waals surface area contributed by atoms with Crippen molar-refractivity contribution in [3.63, 3.8) is 0 Å². The van der Waals surface area contributed by atoms with Gasteiger partial charge in [-0.3, -0.25) is 4.79 Å². The van der Waals surface area contributed by atoms with E-state index in [9.17, 15) is 14.7 Å². The van der Waals surface area contributed by atoms with E-state index >= 15 is 0 Å². The van der Waals surface area contributed by atoms with Gasteiger partial charge in [-0.05, 0) is 37.1 Å². The first-order chi connectivity index (χ1) is 11.2. The molecule has 0 saturated carbocycles. The number of benzene rings is 2. The molecule has 1 atom stereocenters. The largest absolute Gasteiger partial charge is 0.480 e. The van der Waals surface area contributed by atoms with Crippen molar-refractivity contribution in [3.8, 4) is 11.5 Å². The van der Waals surface area contributed by atoms with Gasteiger partial charge in [0.25, 0.3) is 5.91 Å². The molecule has 5 nitrogen and oxygen atoms in total. The quantitative estimate of drug-likeness (QED) is 0.942. The Morgan fingerprint density at radius 3 is 2.48 bits per heavy atom. The van der Waals surface area contributed by atoms with Crippen molar-refractivity contribution < 1.29 is 19.4 Å². The molecule has 1 N–H and O–H groups in total. The molecule has 1 aliphatic rings. The van der Waals surface area contributed by atoms with E-state index in [0.717, 1.165) is 0 Å². The number of carboxylic acid groups (broad SMARTS) is 1. The van der Waals surface area contributed by atoms with Crippen LogP contribution in [-0.4, -0.2) is 34.5 Å². The highest BCUT2D eigenvalue weighted by Crippen LogP contribution is 2.28. The molecule has 1 aliphatic heterocycles. The van der Waals surface area contributed by atoms with Gasteiger partial charge in [-0.2, -0.15) is 0 Å². The summed E-state index contributed by atoms with van der Waals surface area (Å²) in [6, 6.07) is 15.3. The average Bonchev–Trinajstić information content (AvgIpc) is 3.06. The van der Waals surface area contributed by atoms with E-state index < -0.39 is 12.0 Å². The third-order valence-corrected chi connectivity index (χ3v) is 3.89. The maximum absolute atomic E-state index is 12.8. The number of likely N-dealkylation sites (tertiary alicyclic amines) is 1. The fraction of sp³-hybridized carbons (Fsp3) is 0.222. The first-order valence-corrected chi connectivity index (χ1v) is 7.52. The highest BCUT2D eigenvalue weighted by molar-refractivity contribution is 5.99. The van der Waals surface area contributed by atoms with Gasteiger partial charge in [-0.1, -0.05) is 30.3 Å². The van der Waals surface area contributed by atoms with E-state index in [1.54, 1.807) is 36.4 Å². The van der Waals surface area contributed by atoms with Gasteiger partial charge >= 0.3 is 5.97 Å². The molecule has 2 aromatic carbocycles. The van der Waals surface area contributed by atoms with Crippen LogP contribution in [0.25, 0.3) is 0 Å². The summed E-state index contributed by atoms with van der Waals surface area (Å²) < 4.78 is 5.79. The number of carbonyl (C=O) groups is 2. The van der Waals surface area contributed by atoms with Crippen molar-refractivity contribution in [2.24, 2.45) is 0 Å². The molecule has 1 saturated heterocycles. The highest BCUT2D eigenvalue weighted by atomic mass is 16.5. The number of amides is 1. The Balaban J connectivity index is 1.88. The summed E-state index contributed by atoms with van der Waals surface area (Å²) in [6.07, 6.45) is 1.19. The van der Waals surface area contributed by atoms with Gasteiger partial charge in [0.1, 0.15) is 17.5 Å². The normalized spacial score (nSPS) is 17.0. The first-order valence-electron chi connectivity index (χ1n) is 7.52. The number of rotatable bonds is 4. The van der Waals surface area contributed by atoms with Crippen LogP contribution < -0.4 is 4.74 Å². The molecule has 3 rings (SSSR count). The molecule has 1 fully saturated rings. The van der Waals surface area contributed by atoms with Crippen LogP contribution in [0.15, 0.2) is 54.6 Å². The zero-order valence-electron chi connectivity index (χ0n) is 12.5. The van der Waals surface area contributed by atoms with Gasteiger partial charge in [0.15, 0.2) is 0 Å². The number of ether oxygens (including phenoxy) is 1. The number of nitrogens with zero attached hydrogens (tertiary/aromatic N) is 1. The van der Waals surface area contributed by atoms with Crippen molar-refractivity contribution in [1.29, 1.82) is 0 Å². The fourth-order valence-electron chi connectivity index (χ4n) is 2.77. The number of hydrogen-bond acceptors (Lipinski definition) is 3. The third kappa shape index (κ3) is 3.18. The van der Waals surface area contributed by atoms with Gasteiger partial charge < -0.3 is 14.7 Å². The van der Waals surface area contributed by atoms with Crippen LogP contribution in [-0.2, 0) is 4.79 Å². The van der Waals surface area contributed by atoms with E-state index in [4.69, 9.17) is 4.74 Å². The highest BCUT2D eigenvalue weighted by Gasteiger charge is 2.35. The number of hydrogen-bond donors (Lipinski definition) is 1. The van der Waals surface area contributed by atoms with E-state index in [2.05, 4.69) is 0 Å². The predicted octanol–water partition coefficient (Wildman–Crippen LogP) is 3.17. The zero-order valence-corrected chi connectivity index (χ0v) is 12.5. The van der Waals surface area contributed by atoms with Crippen LogP contribution in [0.5, 0.6) is 11.5 Å². The number of para-hydroxylation sites is 2. The Bertz CT molecular complexity index is 714. The average molecular weight is 311 g/mol. The lowest BCUT2D eigenvalue weighted by Gasteiger charge is -2.22. The van der Waals surface area contributed by atoms with Crippen LogP contribution >= 0.6 is 0 Å². The van der Waals surface area contributed by atoms with Crippen LogP contribution in [0.4, 0.5) is 0 Å². The minimum absolute atomic E-state index is 0.304. The molecule has 1 amide bonds. The monoisotopic (exact) mass is 311 g/mol. The standard InChI is InChI=1S/C18H17NO4/c20-17(19-12-6-10-15(19)18(21)22)14-9-4-5-11-16(14)23-13-7-2-1-3-8-13/h1-5,7-9,11,15H,6,10,12H2,(H,21,22)/t15-/m0/s1. The lowest BCUT2D eigenvalue weighted by Crippen LogP contribution is -2.40. The van der Waals surface area contributed by atoms with Crippen molar-refractivity contribution in [1.82, 2.24) is 4.90 Å². The lowest BCUT2D eigenvalue weighted by molar-refractivity contribution is -0.141. The Hall–Kier alpha value is -2.82. The Morgan fingerprint density at radius 2 is 1.74 bits per heavy atom. The van der Waals surface area contributed by atoms with E-state index in [0.29, 0.717) is 36.4 Å². The summed E-state index contributed by atoms with van der Waals surface area (Å²) in [4.78, 5) is 25.5. The molecule has 23 heavy (non-hydrogen) atoms. The maximum Gasteiger partial charge on any atom is 0.326 e. The number of aliphatic carboxylic acids is 1. The third-order valence-electron chi connectivity index (χ3n) is 3.89. The zero-order chi connectivity index (χ0) is 16.2. The van der Waals surface area contributed by atoms with Gasteiger partial charge in [-0.25, -0.2) is 4.79 Å². The second-order valence-electron chi connectivity index (χ2n) is 5.41. The summed E-state index contributed by atoms with van der Waals surface area (Å²) in [5.41, 5.74) is 0.379. The second-order valence-corrected chi connectivity index (χ2v) is 5.41. The summed E-state index contributed by atoms with van der Waals surface area (Å²) in [7, 11) is 0. The van der Waals surface area contributed by atoms with Gasteiger partial charge in [0, 0.05) is 6.54 Å². The van der Waals surface area contributed by atoms with Crippen LogP contribution in [0.1, 0.15) is 23.2 Å². The van der Waals surface area contributed by atoms with Crippen molar-refractivity contribution in [2.75, 3.05) is 6.54 Å². The molecule has 2 aromatic rings. The molecule has 1 heterocycles. The smallest absolute Gasteiger partial charge is 0.326 e. The number of carbonyl (C=O) groups excluding carboxylic acids is 1. The van der Waals surface area contributed by atoms with E-state index in [1.165, 1.54) is 4.90 Å². The molecule has 0 spiro atoms. The Labute approximate surface area is 134 Å². The molecular weight excluding hydrogens is 294 g/mol. The predicted molar refractivity (Wildman–Crippen MR) is 84.7 cm³/mol. The molecule has 0 unspecified atom stereocenters. The molecule has 0 radical (unpaired) electrons. The molecule has 5 heteroatoms.